The maximum atomic E-state index is 5.74. The van der Waals surface area contributed by atoms with Crippen molar-refractivity contribution in [1.82, 2.24) is 0 Å². The van der Waals surface area contributed by atoms with Crippen LogP contribution in [0.5, 0.6) is 0 Å². The second-order valence-corrected chi connectivity index (χ2v) is 5.58. The Kier molecular flexibility index (Phi) is 2.87. The predicted octanol–water partition coefficient (Wildman–Crippen LogP) is 4.65. The van der Waals surface area contributed by atoms with Crippen molar-refractivity contribution in [3.63, 3.8) is 0 Å². The van der Waals surface area contributed by atoms with Crippen LogP contribution in [-0.2, 0) is 6.42 Å². The van der Waals surface area contributed by atoms with E-state index in [1.165, 1.54) is 37.9 Å². The predicted molar refractivity (Wildman–Crippen MR) is 91.7 cm³/mol. The molecule has 0 atom stereocenters. The summed E-state index contributed by atoms with van der Waals surface area (Å²) in [6.45, 7) is 0.689. The van der Waals surface area contributed by atoms with Crippen LogP contribution in [0.15, 0.2) is 66.7 Å². The minimum atomic E-state index is 0.689. The molecule has 4 aromatic rings. The van der Waals surface area contributed by atoms with Crippen molar-refractivity contribution in [2.24, 2.45) is 5.73 Å². The van der Waals surface area contributed by atoms with Gasteiger partial charge in [-0.05, 0) is 75.1 Å². The molecule has 0 aliphatic heterocycles. The molecule has 0 saturated heterocycles. The third kappa shape index (κ3) is 2.07. The molecule has 4 aromatic carbocycles. The minimum Gasteiger partial charge on any atom is -0.330 e. The van der Waals surface area contributed by atoms with Crippen LogP contribution >= 0.6 is 0 Å². The molecule has 0 amide bonds. The molecule has 0 heterocycles. The molecule has 0 radical (unpaired) electrons. The number of rotatable bonds is 2. The van der Waals surface area contributed by atoms with Gasteiger partial charge in [-0.15, -0.1) is 0 Å². The molecule has 0 aliphatic carbocycles. The highest BCUT2D eigenvalue weighted by Crippen LogP contribution is 2.29. The first-order chi connectivity index (χ1) is 10.3. The van der Waals surface area contributed by atoms with Gasteiger partial charge in [-0.1, -0.05) is 42.5 Å². The summed E-state index contributed by atoms with van der Waals surface area (Å²) in [7, 11) is 0. The Bertz CT molecular complexity index is 954. The van der Waals surface area contributed by atoms with Crippen molar-refractivity contribution in [3.8, 4) is 0 Å². The maximum absolute atomic E-state index is 5.74. The molecule has 0 spiro atoms. The lowest BCUT2D eigenvalue weighted by molar-refractivity contribution is 0.977. The lowest BCUT2D eigenvalue weighted by Gasteiger charge is -2.09. The lowest BCUT2D eigenvalue weighted by atomic mass is 9.96. The third-order valence-corrected chi connectivity index (χ3v) is 4.21. The maximum Gasteiger partial charge on any atom is -0.00365 e. The number of nitrogens with two attached hydrogens (primary N) is 1. The Balaban J connectivity index is 2.08. The van der Waals surface area contributed by atoms with Gasteiger partial charge in [0.25, 0.3) is 0 Å². The molecule has 0 fully saturated rings. The van der Waals surface area contributed by atoms with Crippen molar-refractivity contribution in [2.45, 2.75) is 6.42 Å². The molecule has 0 bridgehead atoms. The molecule has 0 aromatic heterocycles. The molecule has 1 heteroatoms. The highest BCUT2D eigenvalue weighted by Gasteiger charge is 2.04. The van der Waals surface area contributed by atoms with Crippen molar-refractivity contribution in [2.75, 3.05) is 6.54 Å². The van der Waals surface area contributed by atoms with Crippen LogP contribution in [0.3, 0.4) is 0 Å². The van der Waals surface area contributed by atoms with Crippen LogP contribution in [0.1, 0.15) is 5.56 Å². The zero-order chi connectivity index (χ0) is 14.2. The van der Waals surface area contributed by atoms with Gasteiger partial charge < -0.3 is 5.73 Å². The third-order valence-electron chi connectivity index (χ3n) is 4.21. The average Bonchev–Trinajstić information content (AvgIpc) is 2.52. The Morgan fingerprint density at radius 1 is 0.619 bits per heavy atom. The van der Waals surface area contributed by atoms with Crippen LogP contribution in [0.2, 0.25) is 0 Å². The number of hydrogen-bond donors (Lipinski definition) is 1. The second kappa shape index (κ2) is 4.87. The van der Waals surface area contributed by atoms with E-state index in [0.29, 0.717) is 6.54 Å². The Morgan fingerprint density at radius 2 is 1.24 bits per heavy atom. The van der Waals surface area contributed by atoms with E-state index in [1.54, 1.807) is 0 Å². The van der Waals surface area contributed by atoms with Crippen LogP contribution in [-0.4, -0.2) is 6.54 Å². The highest BCUT2D eigenvalue weighted by molar-refractivity contribution is 6.05. The van der Waals surface area contributed by atoms with Gasteiger partial charge in [0.05, 0.1) is 0 Å². The summed E-state index contributed by atoms with van der Waals surface area (Å²) in [4.78, 5) is 0. The van der Waals surface area contributed by atoms with Crippen LogP contribution in [0, 0.1) is 0 Å². The van der Waals surface area contributed by atoms with E-state index in [9.17, 15) is 0 Å². The fraction of sp³-hybridized carbons (Fsp3) is 0.100. The Labute approximate surface area is 124 Å². The highest BCUT2D eigenvalue weighted by atomic mass is 14.5. The van der Waals surface area contributed by atoms with E-state index < -0.39 is 0 Å². The van der Waals surface area contributed by atoms with E-state index in [2.05, 4.69) is 66.7 Å². The summed E-state index contributed by atoms with van der Waals surface area (Å²) in [6.07, 6.45) is 0.927. The Hall–Kier alpha value is -2.38. The van der Waals surface area contributed by atoms with E-state index in [1.807, 2.05) is 0 Å². The minimum absolute atomic E-state index is 0.689. The largest absolute Gasteiger partial charge is 0.330 e. The zero-order valence-corrected chi connectivity index (χ0v) is 11.8. The van der Waals surface area contributed by atoms with Crippen LogP contribution in [0.4, 0.5) is 0 Å². The van der Waals surface area contributed by atoms with E-state index in [-0.39, 0.29) is 0 Å². The first-order valence-electron chi connectivity index (χ1n) is 7.39. The van der Waals surface area contributed by atoms with Gasteiger partial charge in [0, 0.05) is 0 Å². The van der Waals surface area contributed by atoms with Gasteiger partial charge in [0.15, 0.2) is 0 Å². The average molecular weight is 271 g/mol. The summed E-state index contributed by atoms with van der Waals surface area (Å²) in [5.41, 5.74) is 7.08. The zero-order valence-electron chi connectivity index (χ0n) is 11.8. The van der Waals surface area contributed by atoms with Gasteiger partial charge in [-0.3, -0.25) is 0 Å². The fourth-order valence-electron chi connectivity index (χ4n) is 3.16. The fourth-order valence-corrected chi connectivity index (χ4v) is 3.16. The van der Waals surface area contributed by atoms with E-state index >= 15 is 0 Å². The molecular formula is C20H17N. The van der Waals surface area contributed by atoms with Crippen LogP contribution < -0.4 is 5.73 Å². The molecular weight excluding hydrogens is 254 g/mol. The van der Waals surface area contributed by atoms with Gasteiger partial charge in [0.1, 0.15) is 0 Å². The molecule has 0 unspecified atom stereocenters. The van der Waals surface area contributed by atoms with Crippen molar-refractivity contribution < 1.29 is 0 Å². The number of benzene rings is 4. The van der Waals surface area contributed by atoms with E-state index in [4.69, 9.17) is 5.73 Å². The molecule has 0 aliphatic rings. The first kappa shape index (κ1) is 12.4. The lowest BCUT2D eigenvalue weighted by Crippen LogP contribution is -2.02. The molecule has 4 rings (SSSR count). The second-order valence-electron chi connectivity index (χ2n) is 5.58. The van der Waals surface area contributed by atoms with Crippen molar-refractivity contribution in [3.05, 3.63) is 72.3 Å². The molecule has 0 saturated carbocycles. The van der Waals surface area contributed by atoms with Crippen molar-refractivity contribution in [1.29, 1.82) is 0 Å². The van der Waals surface area contributed by atoms with Crippen molar-refractivity contribution >= 4 is 32.3 Å². The molecule has 2 N–H and O–H groups in total. The number of fused-ring (bicyclic) bond motifs is 3. The number of hydrogen-bond acceptors (Lipinski definition) is 1. The molecule has 21 heavy (non-hydrogen) atoms. The molecule has 102 valence electrons. The van der Waals surface area contributed by atoms with E-state index in [0.717, 1.165) is 6.42 Å². The summed E-state index contributed by atoms with van der Waals surface area (Å²) in [5, 5.41) is 7.80. The normalized spacial score (nSPS) is 11.5. The standard InChI is InChI=1S/C20H17N/c21-9-8-14-6-3-7-17-12-18-10-15-4-1-2-5-16(15)11-19(18)13-20(14)17/h1-7,10-13H,8-9,21H2. The monoisotopic (exact) mass is 271 g/mol. The quantitative estimate of drug-likeness (QED) is 0.528. The summed E-state index contributed by atoms with van der Waals surface area (Å²) < 4.78 is 0. The van der Waals surface area contributed by atoms with Gasteiger partial charge >= 0.3 is 0 Å². The van der Waals surface area contributed by atoms with Crippen LogP contribution in [0.25, 0.3) is 32.3 Å². The van der Waals surface area contributed by atoms with Gasteiger partial charge in [-0.2, -0.15) is 0 Å². The Morgan fingerprint density at radius 3 is 1.95 bits per heavy atom. The van der Waals surface area contributed by atoms with Gasteiger partial charge in [0.2, 0.25) is 0 Å². The smallest absolute Gasteiger partial charge is 0.00365 e. The summed E-state index contributed by atoms with van der Waals surface area (Å²) in [5.74, 6) is 0. The SMILES string of the molecule is NCCc1cccc2cc3cc4ccccc4cc3cc12. The summed E-state index contributed by atoms with van der Waals surface area (Å²) in [6, 6.07) is 24.2. The first-order valence-corrected chi connectivity index (χ1v) is 7.39. The topological polar surface area (TPSA) is 26.0 Å². The molecule has 1 nitrogen and oxygen atoms in total. The summed E-state index contributed by atoms with van der Waals surface area (Å²) >= 11 is 0. The van der Waals surface area contributed by atoms with Gasteiger partial charge in [-0.25, -0.2) is 0 Å².